The summed E-state index contributed by atoms with van der Waals surface area (Å²) in [5.74, 6) is -0.835. The zero-order valence-electron chi connectivity index (χ0n) is 17.5. The van der Waals surface area contributed by atoms with Crippen molar-refractivity contribution in [3.05, 3.63) is 69.5 Å². The van der Waals surface area contributed by atoms with Crippen molar-refractivity contribution in [2.75, 3.05) is 32.8 Å². The molecule has 0 unspecified atom stereocenters. The first-order valence-corrected chi connectivity index (χ1v) is 11.3. The Hall–Kier alpha value is -2.35. The van der Waals surface area contributed by atoms with Crippen molar-refractivity contribution >= 4 is 35.1 Å². The molecule has 2 aliphatic heterocycles. The number of morpholine rings is 1. The smallest absolute Gasteiger partial charge is 0.317 e. The maximum absolute atomic E-state index is 14.0. The Labute approximate surface area is 196 Å². The number of amides is 3. The zero-order valence-corrected chi connectivity index (χ0v) is 19.0. The van der Waals surface area contributed by atoms with Crippen LogP contribution in [-0.4, -0.2) is 60.1 Å². The molecule has 2 aromatic carbocycles. The monoisotopic (exact) mass is 479 g/mol. The van der Waals surface area contributed by atoms with Gasteiger partial charge in [0.25, 0.3) is 5.91 Å². The van der Waals surface area contributed by atoms with E-state index in [9.17, 15) is 14.0 Å². The van der Waals surface area contributed by atoms with Gasteiger partial charge in [-0.3, -0.25) is 4.79 Å². The summed E-state index contributed by atoms with van der Waals surface area (Å²) in [6.45, 7) is 2.54. The largest absolute Gasteiger partial charge is 0.371 e. The number of halogens is 3. The van der Waals surface area contributed by atoms with Crippen molar-refractivity contribution in [3.8, 4) is 0 Å². The summed E-state index contributed by atoms with van der Waals surface area (Å²) < 4.78 is 20.1. The van der Waals surface area contributed by atoms with Gasteiger partial charge in [0.2, 0.25) is 0 Å². The molecule has 0 radical (unpaired) electrons. The number of rotatable bonds is 3. The lowest BCUT2D eigenvalue weighted by Gasteiger charge is -2.47. The Balaban J connectivity index is 1.33. The van der Waals surface area contributed by atoms with Crippen molar-refractivity contribution in [1.82, 2.24) is 15.1 Å². The molecular weight excluding hydrogens is 456 g/mol. The summed E-state index contributed by atoms with van der Waals surface area (Å²) in [5.41, 5.74) is 0.363. The van der Waals surface area contributed by atoms with Gasteiger partial charge in [-0.1, -0.05) is 41.4 Å². The highest BCUT2D eigenvalue weighted by Crippen LogP contribution is 2.31. The molecule has 9 heteroatoms. The molecule has 4 rings (SSSR count). The number of hydrogen-bond acceptors (Lipinski definition) is 3. The molecule has 0 aromatic heterocycles. The number of urea groups is 1. The number of nitrogens with one attached hydrogen (secondary N) is 1. The fraction of sp³-hybridized carbons (Fsp3) is 0.391. The van der Waals surface area contributed by atoms with E-state index in [4.69, 9.17) is 27.9 Å². The fourth-order valence-electron chi connectivity index (χ4n) is 4.19. The molecule has 0 aliphatic carbocycles. The normalized spacial score (nSPS) is 18.0. The standard InChI is InChI=1S/C23H24Cl2FN3O3/c24-17-6-5-16(19(25)13-17)14-27-22(31)29-11-12-32-23(15-29)7-9-28(10-8-23)21(30)18-3-1-2-4-20(18)26/h1-6,13H,7-12,14-15H2,(H,27,31). The van der Waals surface area contributed by atoms with E-state index in [0.29, 0.717) is 62.2 Å². The Morgan fingerprint density at radius 2 is 1.81 bits per heavy atom. The predicted octanol–water partition coefficient (Wildman–Crippen LogP) is 4.35. The molecule has 0 bridgehead atoms. The molecule has 1 spiro atoms. The molecule has 2 fully saturated rings. The van der Waals surface area contributed by atoms with Crippen LogP contribution in [0.4, 0.5) is 9.18 Å². The van der Waals surface area contributed by atoms with E-state index in [1.54, 1.807) is 40.1 Å². The lowest BCUT2D eigenvalue weighted by Crippen LogP contribution is -2.59. The Morgan fingerprint density at radius 3 is 2.53 bits per heavy atom. The van der Waals surface area contributed by atoms with Crippen molar-refractivity contribution in [2.45, 2.75) is 25.0 Å². The third-order valence-corrected chi connectivity index (χ3v) is 6.63. The zero-order chi connectivity index (χ0) is 22.7. The van der Waals surface area contributed by atoms with Crippen LogP contribution in [0.25, 0.3) is 0 Å². The second-order valence-electron chi connectivity index (χ2n) is 8.12. The lowest BCUT2D eigenvalue weighted by molar-refractivity contribution is -0.122. The van der Waals surface area contributed by atoms with Crippen LogP contribution in [0.1, 0.15) is 28.8 Å². The summed E-state index contributed by atoms with van der Waals surface area (Å²) in [7, 11) is 0. The van der Waals surface area contributed by atoms with Crippen LogP contribution >= 0.6 is 23.2 Å². The summed E-state index contributed by atoms with van der Waals surface area (Å²) in [5, 5.41) is 3.95. The Kier molecular flexibility index (Phi) is 6.88. The maximum atomic E-state index is 14.0. The summed E-state index contributed by atoms with van der Waals surface area (Å²) >= 11 is 12.1. The number of carbonyl (C=O) groups is 2. The highest BCUT2D eigenvalue weighted by Gasteiger charge is 2.42. The maximum Gasteiger partial charge on any atom is 0.317 e. The lowest BCUT2D eigenvalue weighted by atomic mass is 9.89. The van der Waals surface area contributed by atoms with Crippen molar-refractivity contribution < 1.29 is 18.7 Å². The van der Waals surface area contributed by atoms with E-state index in [1.165, 1.54) is 12.1 Å². The van der Waals surface area contributed by atoms with Gasteiger partial charge in [-0.15, -0.1) is 0 Å². The van der Waals surface area contributed by atoms with Gasteiger partial charge in [0.05, 0.1) is 24.3 Å². The molecule has 2 saturated heterocycles. The molecule has 32 heavy (non-hydrogen) atoms. The van der Waals surface area contributed by atoms with Crippen molar-refractivity contribution in [1.29, 1.82) is 0 Å². The van der Waals surface area contributed by atoms with E-state index in [1.807, 2.05) is 0 Å². The van der Waals surface area contributed by atoms with Crippen molar-refractivity contribution in [2.24, 2.45) is 0 Å². The Morgan fingerprint density at radius 1 is 1.06 bits per heavy atom. The summed E-state index contributed by atoms with van der Waals surface area (Å²) in [6, 6.07) is 11.0. The van der Waals surface area contributed by atoms with Crippen LogP contribution < -0.4 is 5.32 Å². The quantitative estimate of drug-likeness (QED) is 0.711. The van der Waals surface area contributed by atoms with Gasteiger partial charge in [-0.2, -0.15) is 0 Å². The van der Waals surface area contributed by atoms with E-state index >= 15 is 0 Å². The van der Waals surface area contributed by atoms with Crippen LogP contribution in [0.15, 0.2) is 42.5 Å². The summed E-state index contributed by atoms with van der Waals surface area (Å²) in [4.78, 5) is 28.8. The van der Waals surface area contributed by atoms with Crippen LogP contribution in [0.5, 0.6) is 0 Å². The molecule has 2 aliphatic rings. The molecular formula is C23H24Cl2FN3O3. The predicted molar refractivity (Wildman–Crippen MR) is 120 cm³/mol. The SMILES string of the molecule is O=C(NCc1ccc(Cl)cc1Cl)N1CCOC2(CCN(C(=O)c3ccccc3F)CC2)C1. The van der Waals surface area contributed by atoms with Crippen LogP contribution in [0.3, 0.4) is 0 Å². The first-order valence-electron chi connectivity index (χ1n) is 10.5. The minimum Gasteiger partial charge on any atom is -0.371 e. The first-order chi connectivity index (χ1) is 15.4. The number of nitrogens with zero attached hydrogens (tertiary/aromatic N) is 2. The second-order valence-corrected chi connectivity index (χ2v) is 8.96. The average molecular weight is 480 g/mol. The van der Waals surface area contributed by atoms with Crippen LogP contribution in [0.2, 0.25) is 10.0 Å². The fourth-order valence-corrected chi connectivity index (χ4v) is 4.67. The number of likely N-dealkylation sites (tertiary alicyclic amines) is 1. The number of ether oxygens (including phenoxy) is 1. The molecule has 0 saturated carbocycles. The molecule has 6 nitrogen and oxygen atoms in total. The number of benzene rings is 2. The third-order valence-electron chi connectivity index (χ3n) is 6.05. The van der Waals surface area contributed by atoms with Crippen LogP contribution in [-0.2, 0) is 11.3 Å². The molecule has 170 valence electrons. The van der Waals surface area contributed by atoms with E-state index in [0.717, 1.165) is 5.56 Å². The number of hydrogen-bond donors (Lipinski definition) is 1. The molecule has 1 N–H and O–H groups in total. The highest BCUT2D eigenvalue weighted by atomic mass is 35.5. The van der Waals surface area contributed by atoms with E-state index < -0.39 is 11.4 Å². The molecule has 2 heterocycles. The topological polar surface area (TPSA) is 61.9 Å². The molecule has 0 atom stereocenters. The van der Waals surface area contributed by atoms with Gasteiger partial charge in [-0.05, 0) is 42.7 Å². The molecule has 3 amide bonds. The second kappa shape index (κ2) is 9.65. The van der Waals surface area contributed by atoms with E-state index in [2.05, 4.69) is 5.32 Å². The van der Waals surface area contributed by atoms with Gasteiger partial charge in [-0.25, -0.2) is 9.18 Å². The minimum atomic E-state index is -0.518. The summed E-state index contributed by atoms with van der Waals surface area (Å²) in [6.07, 6.45) is 1.17. The number of piperidine rings is 1. The van der Waals surface area contributed by atoms with Gasteiger partial charge < -0.3 is 19.9 Å². The minimum absolute atomic E-state index is 0.0786. The first kappa shape index (κ1) is 22.8. The van der Waals surface area contributed by atoms with Crippen LogP contribution in [0, 0.1) is 5.82 Å². The Bertz CT molecular complexity index is 1010. The number of carbonyl (C=O) groups excluding carboxylic acids is 2. The third kappa shape index (κ3) is 5.00. The molecule has 2 aromatic rings. The van der Waals surface area contributed by atoms with Gasteiger partial charge in [0.1, 0.15) is 5.82 Å². The highest BCUT2D eigenvalue weighted by molar-refractivity contribution is 6.35. The van der Waals surface area contributed by atoms with Gasteiger partial charge in [0.15, 0.2) is 0 Å². The van der Waals surface area contributed by atoms with Gasteiger partial charge in [0, 0.05) is 36.2 Å². The average Bonchev–Trinajstić information content (AvgIpc) is 2.79. The van der Waals surface area contributed by atoms with E-state index in [-0.39, 0.29) is 17.5 Å². The van der Waals surface area contributed by atoms with Gasteiger partial charge >= 0.3 is 6.03 Å². The van der Waals surface area contributed by atoms with Crippen molar-refractivity contribution in [3.63, 3.8) is 0 Å².